The van der Waals surface area contributed by atoms with Crippen LogP contribution in [0.3, 0.4) is 0 Å². The van der Waals surface area contributed by atoms with Crippen LogP contribution in [0.5, 0.6) is 0 Å². The molecule has 11 heavy (non-hydrogen) atoms. The van der Waals surface area contributed by atoms with E-state index in [1.807, 2.05) is 0 Å². The molecule has 0 aromatic carbocycles. The molecule has 0 fully saturated rings. The van der Waals surface area contributed by atoms with Gasteiger partial charge in [-0.05, 0) is 31.2 Å². The predicted molar refractivity (Wildman–Crippen MR) is 51.4 cm³/mol. The Bertz CT molecular complexity index is 118. The van der Waals surface area contributed by atoms with E-state index < -0.39 is 0 Å². The summed E-state index contributed by atoms with van der Waals surface area (Å²) in [7, 11) is 0. The van der Waals surface area contributed by atoms with E-state index in [2.05, 4.69) is 27.4 Å². The normalized spacial score (nSPS) is 16.0. The maximum absolute atomic E-state index is 5.53. The van der Waals surface area contributed by atoms with E-state index in [0.29, 0.717) is 11.8 Å². The first kappa shape index (κ1) is 10.7. The van der Waals surface area contributed by atoms with Crippen LogP contribution in [0.1, 0.15) is 33.6 Å². The average Bonchev–Trinajstić information content (AvgIpc) is 2.02. The van der Waals surface area contributed by atoms with Crippen LogP contribution in [0.15, 0.2) is 12.2 Å². The maximum atomic E-state index is 5.53. The standard InChI is InChI=1S/C10H21N/c1-5-9(3)10(4)6-8(2)7-11/h8,10H,3,5-7,11H2,1-2,4H3. The molecule has 2 unspecified atom stereocenters. The molecule has 0 saturated heterocycles. The van der Waals surface area contributed by atoms with Gasteiger partial charge in [0.05, 0.1) is 0 Å². The lowest BCUT2D eigenvalue weighted by molar-refractivity contribution is 0.456. The van der Waals surface area contributed by atoms with E-state index in [1.165, 1.54) is 12.0 Å². The third kappa shape index (κ3) is 4.20. The molecule has 0 amide bonds. The fourth-order valence-electron chi connectivity index (χ4n) is 1.21. The Labute approximate surface area is 70.7 Å². The minimum atomic E-state index is 0.633. The summed E-state index contributed by atoms with van der Waals surface area (Å²) < 4.78 is 0. The highest BCUT2D eigenvalue weighted by Gasteiger charge is 2.08. The van der Waals surface area contributed by atoms with Crippen molar-refractivity contribution in [2.75, 3.05) is 6.54 Å². The predicted octanol–water partition coefficient (Wildman–Crippen LogP) is 2.57. The minimum Gasteiger partial charge on any atom is -0.330 e. The van der Waals surface area contributed by atoms with Crippen LogP contribution in [0.4, 0.5) is 0 Å². The van der Waals surface area contributed by atoms with Crippen molar-refractivity contribution in [3.8, 4) is 0 Å². The first-order chi connectivity index (χ1) is 5.11. The van der Waals surface area contributed by atoms with E-state index in [1.54, 1.807) is 0 Å². The Morgan fingerprint density at radius 2 is 2.00 bits per heavy atom. The molecule has 0 aromatic rings. The van der Waals surface area contributed by atoms with Gasteiger partial charge in [0.25, 0.3) is 0 Å². The van der Waals surface area contributed by atoms with Gasteiger partial charge < -0.3 is 5.73 Å². The van der Waals surface area contributed by atoms with E-state index >= 15 is 0 Å². The molecule has 1 nitrogen and oxygen atoms in total. The zero-order chi connectivity index (χ0) is 8.85. The van der Waals surface area contributed by atoms with Crippen LogP contribution in [-0.4, -0.2) is 6.54 Å². The number of allylic oxidation sites excluding steroid dienone is 1. The molecule has 2 N–H and O–H groups in total. The van der Waals surface area contributed by atoms with E-state index in [-0.39, 0.29) is 0 Å². The Hall–Kier alpha value is -0.300. The fourth-order valence-corrected chi connectivity index (χ4v) is 1.21. The van der Waals surface area contributed by atoms with Crippen molar-refractivity contribution in [3.63, 3.8) is 0 Å². The van der Waals surface area contributed by atoms with Gasteiger partial charge in [0, 0.05) is 0 Å². The second kappa shape index (κ2) is 5.36. The Morgan fingerprint density at radius 1 is 1.45 bits per heavy atom. The monoisotopic (exact) mass is 155 g/mol. The smallest absolute Gasteiger partial charge is 0.00513 e. The summed E-state index contributed by atoms with van der Waals surface area (Å²) in [5.41, 5.74) is 6.88. The third-order valence-corrected chi connectivity index (χ3v) is 2.31. The van der Waals surface area contributed by atoms with Gasteiger partial charge in [-0.3, -0.25) is 0 Å². The van der Waals surface area contributed by atoms with Gasteiger partial charge >= 0.3 is 0 Å². The van der Waals surface area contributed by atoms with E-state index in [4.69, 9.17) is 5.73 Å². The summed E-state index contributed by atoms with van der Waals surface area (Å²) in [6.45, 7) is 11.4. The van der Waals surface area contributed by atoms with Gasteiger partial charge in [-0.15, -0.1) is 0 Å². The molecule has 0 spiro atoms. The SMILES string of the molecule is C=C(CC)C(C)CC(C)CN. The van der Waals surface area contributed by atoms with Crippen molar-refractivity contribution in [3.05, 3.63) is 12.2 Å². The molecule has 0 aliphatic heterocycles. The topological polar surface area (TPSA) is 26.0 Å². The Kier molecular flexibility index (Phi) is 5.22. The third-order valence-electron chi connectivity index (χ3n) is 2.31. The molecule has 1 heteroatoms. The first-order valence-electron chi connectivity index (χ1n) is 4.49. The fraction of sp³-hybridized carbons (Fsp3) is 0.800. The molecular weight excluding hydrogens is 134 g/mol. The van der Waals surface area contributed by atoms with Crippen LogP contribution in [0, 0.1) is 11.8 Å². The van der Waals surface area contributed by atoms with Gasteiger partial charge in [-0.2, -0.15) is 0 Å². The van der Waals surface area contributed by atoms with Crippen molar-refractivity contribution in [1.82, 2.24) is 0 Å². The summed E-state index contributed by atoms with van der Waals surface area (Å²) in [5, 5.41) is 0. The molecule has 0 aromatic heterocycles. The zero-order valence-electron chi connectivity index (χ0n) is 8.06. The lowest BCUT2D eigenvalue weighted by Crippen LogP contribution is -2.14. The second-order valence-electron chi connectivity index (χ2n) is 3.49. The molecule has 0 heterocycles. The van der Waals surface area contributed by atoms with Gasteiger partial charge in [-0.1, -0.05) is 32.9 Å². The number of hydrogen-bond acceptors (Lipinski definition) is 1. The number of hydrogen-bond donors (Lipinski definition) is 1. The molecule has 66 valence electrons. The highest BCUT2D eigenvalue weighted by atomic mass is 14.5. The van der Waals surface area contributed by atoms with Gasteiger partial charge in [0.1, 0.15) is 0 Å². The Balaban J connectivity index is 3.67. The first-order valence-corrected chi connectivity index (χ1v) is 4.49. The maximum Gasteiger partial charge on any atom is -0.00513 e. The van der Waals surface area contributed by atoms with E-state index in [0.717, 1.165) is 13.0 Å². The van der Waals surface area contributed by atoms with Crippen molar-refractivity contribution in [2.45, 2.75) is 33.6 Å². The molecule has 0 radical (unpaired) electrons. The molecule has 0 rings (SSSR count). The van der Waals surface area contributed by atoms with Crippen LogP contribution in [0.2, 0.25) is 0 Å². The number of rotatable bonds is 5. The Morgan fingerprint density at radius 3 is 2.36 bits per heavy atom. The van der Waals surface area contributed by atoms with Crippen LogP contribution in [0.25, 0.3) is 0 Å². The average molecular weight is 155 g/mol. The van der Waals surface area contributed by atoms with Gasteiger partial charge in [0.15, 0.2) is 0 Å². The summed E-state index contributed by atoms with van der Waals surface area (Å²) in [5.74, 6) is 1.27. The number of nitrogens with two attached hydrogens (primary N) is 1. The molecule has 2 atom stereocenters. The summed E-state index contributed by atoms with van der Waals surface area (Å²) in [6.07, 6.45) is 2.28. The molecule has 0 aliphatic carbocycles. The van der Waals surface area contributed by atoms with Crippen LogP contribution in [-0.2, 0) is 0 Å². The quantitative estimate of drug-likeness (QED) is 0.607. The summed E-state index contributed by atoms with van der Waals surface area (Å²) in [6, 6.07) is 0. The van der Waals surface area contributed by atoms with Crippen molar-refractivity contribution in [2.24, 2.45) is 17.6 Å². The van der Waals surface area contributed by atoms with E-state index in [9.17, 15) is 0 Å². The van der Waals surface area contributed by atoms with Gasteiger partial charge in [0.2, 0.25) is 0 Å². The van der Waals surface area contributed by atoms with Crippen LogP contribution >= 0.6 is 0 Å². The lowest BCUT2D eigenvalue weighted by atomic mass is 9.91. The van der Waals surface area contributed by atoms with Crippen LogP contribution < -0.4 is 5.73 Å². The molecule has 0 saturated carbocycles. The minimum absolute atomic E-state index is 0.633. The van der Waals surface area contributed by atoms with Crippen molar-refractivity contribution >= 4 is 0 Å². The highest BCUT2D eigenvalue weighted by Crippen LogP contribution is 2.19. The molecule has 0 bridgehead atoms. The van der Waals surface area contributed by atoms with Crippen molar-refractivity contribution in [1.29, 1.82) is 0 Å². The molecule has 0 aliphatic rings. The van der Waals surface area contributed by atoms with Gasteiger partial charge in [-0.25, -0.2) is 0 Å². The lowest BCUT2D eigenvalue weighted by Gasteiger charge is -2.16. The zero-order valence-corrected chi connectivity index (χ0v) is 8.06. The summed E-state index contributed by atoms with van der Waals surface area (Å²) in [4.78, 5) is 0. The largest absolute Gasteiger partial charge is 0.330 e. The van der Waals surface area contributed by atoms with Crippen molar-refractivity contribution < 1.29 is 0 Å². The highest BCUT2D eigenvalue weighted by molar-refractivity contribution is 4.97. The summed E-state index contributed by atoms with van der Waals surface area (Å²) >= 11 is 0. The second-order valence-corrected chi connectivity index (χ2v) is 3.49. The molecular formula is C10H21N.